The summed E-state index contributed by atoms with van der Waals surface area (Å²) in [5.41, 5.74) is 6.47. The molecule has 0 saturated carbocycles. The molecule has 0 aliphatic heterocycles. The van der Waals surface area contributed by atoms with Crippen molar-refractivity contribution in [2.24, 2.45) is 0 Å². The fourth-order valence-corrected chi connectivity index (χ4v) is 3.70. The van der Waals surface area contributed by atoms with Crippen molar-refractivity contribution in [3.05, 3.63) is 35.6 Å². The second-order valence-corrected chi connectivity index (χ2v) is 7.36. The molecule has 1 heterocycles. The Hall–Kier alpha value is -1.71. The van der Waals surface area contributed by atoms with Gasteiger partial charge in [0.25, 0.3) is 0 Å². The van der Waals surface area contributed by atoms with E-state index in [0.29, 0.717) is 11.5 Å². The minimum atomic E-state index is -3.67. The maximum absolute atomic E-state index is 12.8. The smallest absolute Gasteiger partial charge is 0.249 e. The maximum Gasteiger partial charge on any atom is 0.249 e. The molecule has 0 bridgehead atoms. The molecule has 1 aromatic heterocycles. The summed E-state index contributed by atoms with van der Waals surface area (Å²) in [6.45, 7) is 0.345. The highest BCUT2D eigenvalue weighted by atomic mass is 32.2. The van der Waals surface area contributed by atoms with Gasteiger partial charge in [-0.3, -0.25) is 0 Å². The number of hydrogen-bond donors (Lipinski definition) is 2. The van der Waals surface area contributed by atoms with Gasteiger partial charge in [0.2, 0.25) is 10.0 Å². The molecule has 0 unspecified atom stereocenters. The monoisotopic (exact) mass is 330 g/mol. The summed E-state index contributed by atoms with van der Waals surface area (Å²) >= 11 is 0.977. The molecular formula is C12H15FN4O2S2. The number of aromatic nitrogens is 1. The predicted octanol–water partition coefficient (Wildman–Crippen LogP) is 1.73. The number of nitrogen functional groups attached to an aromatic ring is 1. The molecule has 9 heteroatoms. The van der Waals surface area contributed by atoms with Gasteiger partial charge in [-0.05, 0) is 29.2 Å². The van der Waals surface area contributed by atoms with Crippen LogP contribution in [0.25, 0.3) is 0 Å². The second-order valence-electron chi connectivity index (χ2n) is 4.49. The lowest BCUT2D eigenvalue weighted by atomic mass is 10.2. The number of halogens is 1. The van der Waals surface area contributed by atoms with Gasteiger partial charge in [-0.1, -0.05) is 12.1 Å². The molecule has 0 radical (unpaired) electrons. The average molecular weight is 330 g/mol. The molecule has 1 aromatic carbocycles. The number of nitrogens with two attached hydrogens (primary N) is 1. The number of hydrogen-bond acceptors (Lipinski definition) is 6. The Kier molecular flexibility index (Phi) is 4.45. The molecule has 21 heavy (non-hydrogen) atoms. The minimum Gasteiger partial charge on any atom is -0.382 e. The highest BCUT2D eigenvalue weighted by Crippen LogP contribution is 2.33. The fraction of sp³-hybridized carbons (Fsp3) is 0.250. The molecule has 0 fully saturated rings. The Morgan fingerprint density at radius 2 is 1.95 bits per heavy atom. The summed E-state index contributed by atoms with van der Waals surface area (Å²) in [6.07, 6.45) is 0. The lowest BCUT2D eigenvalue weighted by Crippen LogP contribution is -2.23. The Morgan fingerprint density at radius 3 is 2.52 bits per heavy atom. The first kappa shape index (κ1) is 15.7. The number of rotatable bonds is 5. The van der Waals surface area contributed by atoms with Gasteiger partial charge in [-0.25, -0.2) is 17.1 Å². The standard InChI is InChI=1S/C12H15FN4O2S2/c1-17(2)21(18,19)10-11(14)16-20-12(10)15-7-8-3-5-9(13)6-4-8/h3-6,15H,7H2,1-2H3,(H2,14,16). The molecular weight excluding hydrogens is 315 g/mol. The zero-order valence-electron chi connectivity index (χ0n) is 11.5. The van der Waals surface area contributed by atoms with Crippen LogP contribution in [0.1, 0.15) is 5.56 Å². The quantitative estimate of drug-likeness (QED) is 0.871. The lowest BCUT2D eigenvalue weighted by molar-refractivity contribution is 0.521. The predicted molar refractivity (Wildman–Crippen MR) is 81.1 cm³/mol. The highest BCUT2D eigenvalue weighted by Gasteiger charge is 2.27. The van der Waals surface area contributed by atoms with Crippen LogP contribution in [0.5, 0.6) is 0 Å². The zero-order chi connectivity index (χ0) is 15.6. The van der Waals surface area contributed by atoms with Crippen LogP contribution in [0.4, 0.5) is 15.2 Å². The Bertz CT molecular complexity index is 726. The number of nitrogens with zero attached hydrogens (tertiary/aromatic N) is 2. The summed E-state index contributed by atoms with van der Waals surface area (Å²) in [4.78, 5) is -0.0281. The minimum absolute atomic E-state index is 0.0281. The first-order valence-corrected chi connectivity index (χ1v) is 8.19. The van der Waals surface area contributed by atoms with E-state index in [-0.39, 0.29) is 16.5 Å². The van der Waals surface area contributed by atoms with Crippen LogP contribution in [0, 0.1) is 5.82 Å². The zero-order valence-corrected chi connectivity index (χ0v) is 13.1. The van der Waals surface area contributed by atoms with Crippen molar-refractivity contribution >= 4 is 32.4 Å². The van der Waals surface area contributed by atoms with E-state index in [9.17, 15) is 12.8 Å². The molecule has 6 nitrogen and oxygen atoms in total. The first-order valence-electron chi connectivity index (χ1n) is 5.98. The summed E-state index contributed by atoms with van der Waals surface area (Å²) in [5.74, 6) is -0.355. The number of benzene rings is 1. The van der Waals surface area contributed by atoms with Crippen molar-refractivity contribution in [1.82, 2.24) is 8.68 Å². The largest absolute Gasteiger partial charge is 0.382 e. The third-order valence-electron chi connectivity index (χ3n) is 2.78. The number of nitrogens with one attached hydrogen (secondary N) is 1. The van der Waals surface area contributed by atoms with Crippen molar-refractivity contribution in [1.29, 1.82) is 0 Å². The van der Waals surface area contributed by atoms with Crippen molar-refractivity contribution in [2.75, 3.05) is 25.1 Å². The molecule has 0 saturated heterocycles. The lowest BCUT2D eigenvalue weighted by Gasteiger charge is -2.13. The third kappa shape index (κ3) is 3.31. The molecule has 2 rings (SSSR count). The molecule has 0 aliphatic rings. The summed E-state index contributed by atoms with van der Waals surface area (Å²) < 4.78 is 42.2. The van der Waals surface area contributed by atoms with Gasteiger partial charge in [0.15, 0.2) is 10.7 Å². The van der Waals surface area contributed by atoms with Gasteiger partial charge in [0.05, 0.1) is 0 Å². The van der Waals surface area contributed by atoms with Crippen LogP contribution in [0.2, 0.25) is 0 Å². The van der Waals surface area contributed by atoms with E-state index in [1.807, 2.05) is 0 Å². The van der Waals surface area contributed by atoms with Crippen LogP contribution in [-0.2, 0) is 16.6 Å². The van der Waals surface area contributed by atoms with Crippen molar-refractivity contribution in [2.45, 2.75) is 11.4 Å². The number of sulfonamides is 1. The van der Waals surface area contributed by atoms with E-state index < -0.39 is 10.0 Å². The molecule has 0 aliphatic carbocycles. The van der Waals surface area contributed by atoms with Gasteiger partial charge in [-0.2, -0.15) is 4.37 Å². The molecule has 114 valence electrons. The van der Waals surface area contributed by atoms with E-state index in [0.717, 1.165) is 21.4 Å². The molecule has 0 amide bonds. The maximum atomic E-state index is 12.8. The van der Waals surface area contributed by atoms with Gasteiger partial charge < -0.3 is 11.1 Å². The SMILES string of the molecule is CN(C)S(=O)(=O)c1c(N)nsc1NCc1ccc(F)cc1. The summed E-state index contributed by atoms with van der Waals surface area (Å²) in [7, 11) is -0.819. The Morgan fingerprint density at radius 1 is 1.33 bits per heavy atom. The van der Waals surface area contributed by atoms with Crippen LogP contribution in [0.15, 0.2) is 29.2 Å². The van der Waals surface area contributed by atoms with E-state index in [2.05, 4.69) is 9.69 Å². The van der Waals surface area contributed by atoms with Crippen LogP contribution >= 0.6 is 11.5 Å². The second kappa shape index (κ2) is 5.96. The van der Waals surface area contributed by atoms with Crippen LogP contribution in [0.3, 0.4) is 0 Å². The Labute approximate surface area is 126 Å². The summed E-state index contributed by atoms with van der Waals surface area (Å²) in [5, 5.41) is 3.34. The molecule has 0 spiro atoms. The highest BCUT2D eigenvalue weighted by molar-refractivity contribution is 7.89. The van der Waals surface area contributed by atoms with Crippen molar-refractivity contribution < 1.29 is 12.8 Å². The van der Waals surface area contributed by atoms with Gasteiger partial charge >= 0.3 is 0 Å². The first-order chi connectivity index (χ1) is 9.82. The van der Waals surface area contributed by atoms with Crippen LogP contribution < -0.4 is 11.1 Å². The average Bonchev–Trinajstić information content (AvgIpc) is 2.79. The van der Waals surface area contributed by atoms with Gasteiger partial charge in [0.1, 0.15) is 10.8 Å². The summed E-state index contributed by atoms with van der Waals surface area (Å²) in [6, 6.07) is 5.92. The normalized spacial score (nSPS) is 11.8. The van der Waals surface area contributed by atoms with Gasteiger partial charge in [0, 0.05) is 20.6 Å². The number of anilines is 2. The van der Waals surface area contributed by atoms with Crippen LogP contribution in [-0.4, -0.2) is 31.2 Å². The molecule has 2 aromatic rings. The van der Waals surface area contributed by atoms with Crippen molar-refractivity contribution in [3.8, 4) is 0 Å². The molecule has 0 atom stereocenters. The fourth-order valence-electron chi connectivity index (χ4n) is 1.62. The van der Waals surface area contributed by atoms with E-state index >= 15 is 0 Å². The Balaban J connectivity index is 2.24. The topological polar surface area (TPSA) is 88.3 Å². The van der Waals surface area contributed by atoms with Gasteiger partial charge in [-0.15, -0.1) is 0 Å². The van der Waals surface area contributed by atoms with Crippen molar-refractivity contribution in [3.63, 3.8) is 0 Å². The van der Waals surface area contributed by atoms with E-state index in [1.165, 1.54) is 26.2 Å². The third-order valence-corrected chi connectivity index (χ3v) is 5.62. The van der Waals surface area contributed by atoms with E-state index in [1.54, 1.807) is 12.1 Å². The molecule has 3 N–H and O–H groups in total. The van der Waals surface area contributed by atoms with E-state index in [4.69, 9.17) is 5.73 Å².